The van der Waals surface area contributed by atoms with Crippen LogP contribution in [0.5, 0.6) is 0 Å². The fourth-order valence-electron chi connectivity index (χ4n) is 4.54. The molecule has 1 aromatic rings. The zero-order valence-electron chi connectivity index (χ0n) is 14.3. The van der Waals surface area contributed by atoms with Crippen LogP contribution in [-0.2, 0) is 19.9 Å². The summed E-state index contributed by atoms with van der Waals surface area (Å²) in [4.78, 5) is 12.7. The van der Waals surface area contributed by atoms with Gasteiger partial charge in [-0.05, 0) is 37.7 Å². The molecule has 0 aromatic heterocycles. The second-order valence-corrected chi connectivity index (χ2v) is 6.96. The summed E-state index contributed by atoms with van der Waals surface area (Å²) in [6.45, 7) is 3.97. The fraction of sp³-hybridized carbons (Fsp3) is 0.650. The van der Waals surface area contributed by atoms with E-state index >= 15 is 0 Å². The standard InChI is InChI=1S/C20H28O3/c1-3-10-18-19(21)22-15(2)23-20(18,16-11-6-4-7-12-16)17-13-8-5-9-14-17/h4,6-7,11-12,15,17-18H,3,5,8-10,13-14H2,1-2H3. The first kappa shape index (κ1) is 16.5. The van der Waals surface area contributed by atoms with Crippen molar-refractivity contribution in [3.05, 3.63) is 35.9 Å². The van der Waals surface area contributed by atoms with Gasteiger partial charge in [0, 0.05) is 0 Å². The highest BCUT2D eigenvalue weighted by Gasteiger charge is 2.55. The van der Waals surface area contributed by atoms with E-state index in [-0.39, 0.29) is 11.9 Å². The third kappa shape index (κ3) is 3.03. The van der Waals surface area contributed by atoms with Gasteiger partial charge in [-0.15, -0.1) is 0 Å². The van der Waals surface area contributed by atoms with E-state index in [0.29, 0.717) is 5.92 Å². The number of benzene rings is 1. The van der Waals surface area contributed by atoms with E-state index in [9.17, 15) is 4.79 Å². The van der Waals surface area contributed by atoms with Crippen molar-refractivity contribution in [1.82, 2.24) is 0 Å². The molecule has 3 nitrogen and oxygen atoms in total. The first-order chi connectivity index (χ1) is 11.2. The van der Waals surface area contributed by atoms with Crippen molar-refractivity contribution in [3.8, 4) is 0 Å². The number of hydrogen-bond acceptors (Lipinski definition) is 3. The molecule has 3 rings (SSSR count). The molecule has 1 aliphatic heterocycles. The van der Waals surface area contributed by atoms with E-state index in [4.69, 9.17) is 9.47 Å². The Morgan fingerprint density at radius 1 is 1.13 bits per heavy atom. The summed E-state index contributed by atoms with van der Waals surface area (Å²) in [5, 5.41) is 0. The Morgan fingerprint density at radius 2 is 1.83 bits per heavy atom. The van der Waals surface area contributed by atoms with Gasteiger partial charge in [0.2, 0.25) is 6.29 Å². The summed E-state index contributed by atoms with van der Waals surface area (Å²) in [6, 6.07) is 10.4. The maximum absolute atomic E-state index is 12.7. The Labute approximate surface area is 139 Å². The predicted octanol–water partition coefficient (Wildman–Crippen LogP) is 4.80. The number of cyclic esters (lactones) is 1. The molecule has 1 saturated heterocycles. The van der Waals surface area contributed by atoms with Gasteiger partial charge in [-0.2, -0.15) is 0 Å². The van der Waals surface area contributed by atoms with E-state index in [0.717, 1.165) is 31.2 Å². The smallest absolute Gasteiger partial charge is 0.314 e. The summed E-state index contributed by atoms with van der Waals surface area (Å²) in [5.41, 5.74) is 0.626. The first-order valence-electron chi connectivity index (χ1n) is 9.12. The minimum Gasteiger partial charge on any atom is -0.436 e. The molecule has 1 aromatic carbocycles. The third-order valence-corrected chi connectivity index (χ3v) is 5.46. The van der Waals surface area contributed by atoms with Crippen LogP contribution < -0.4 is 0 Å². The highest BCUT2D eigenvalue weighted by atomic mass is 16.7. The quantitative estimate of drug-likeness (QED) is 0.749. The van der Waals surface area contributed by atoms with E-state index in [1.54, 1.807) is 0 Å². The SMILES string of the molecule is CCCC1C(=O)OC(C)OC1(c1ccccc1)C1CCCCC1. The van der Waals surface area contributed by atoms with Crippen LogP contribution in [0.2, 0.25) is 0 Å². The van der Waals surface area contributed by atoms with Crippen LogP contribution in [0, 0.1) is 11.8 Å². The molecule has 0 spiro atoms. The van der Waals surface area contributed by atoms with Gasteiger partial charge in [-0.1, -0.05) is 62.9 Å². The first-order valence-corrected chi connectivity index (χ1v) is 9.12. The Balaban J connectivity index is 2.09. The molecule has 1 heterocycles. The number of hydrogen-bond donors (Lipinski definition) is 0. The highest BCUT2D eigenvalue weighted by Crippen LogP contribution is 2.51. The molecule has 2 aliphatic rings. The van der Waals surface area contributed by atoms with Crippen LogP contribution in [0.15, 0.2) is 30.3 Å². The summed E-state index contributed by atoms with van der Waals surface area (Å²) in [7, 11) is 0. The molecule has 2 fully saturated rings. The van der Waals surface area contributed by atoms with Crippen molar-refractivity contribution >= 4 is 5.97 Å². The number of esters is 1. The molecule has 1 aliphatic carbocycles. The lowest BCUT2D eigenvalue weighted by Gasteiger charge is -2.50. The molecule has 126 valence electrons. The van der Waals surface area contributed by atoms with Crippen LogP contribution in [0.1, 0.15) is 64.4 Å². The molecule has 0 amide bonds. The van der Waals surface area contributed by atoms with Crippen LogP contribution in [0.25, 0.3) is 0 Å². The monoisotopic (exact) mass is 316 g/mol. The molecule has 3 heteroatoms. The van der Waals surface area contributed by atoms with Crippen LogP contribution in [0.3, 0.4) is 0 Å². The molecule has 0 bridgehead atoms. The largest absolute Gasteiger partial charge is 0.436 e. The summed E-state index contributed by atoms with van der Waals surface area (Å²) >= 11 is 0. The van der Waals surface area contributed by atoms with E-state index < -0.39 is 11.9 Å². The van der Waals surface area contributed by atoms with Gasteiger partial charge in [0.05, 0.1) is 5.92 Å². The normalized spacial score (nSPS) is 32.5. The van der Waals surface area contributed by atoms with Gasteiger partial charge in [0.1, 0.15) is 5.60 Å². The summed E-state index contributed by atoms with van der Waals surface area (Å²) < 4.78 is 11.9. The van der Waals surface area contributed by atoms with Crippen molar-refractivity contribution in [1.29, 1.82) is 0 Å². The van der Waals surface area contributed by atoms with Crippen molar-refractivity contribution in [2.45, 2.75) is 70.7 Å². The average Bonchev–Trinajstić information content (AvgIpc) is 2.59. The maximum atomic E-state index is 12.7. The lowest BCUT2D eigenvalue weighted by molar-refractivity contribution is -0.281. The molecule has 3 atom stereocenters. The number of ether oxygens (including phenoxy) is 2. The summed E-state index contributed by atoms with van der Waals surface area (Å²) in [6.07, 6.45) is 7.31. The Morgan fingerprint density at radius 3 is 2.48 bits per heavy atom. The lowest BCUT2D eigenvalue weighted by Crippen LogP contribution is -2.55. The molecule has 0 radical (unpaired) electrons. The van der Waals surface area contributed by atoms with Crippen LogP contribution >= 0.6 is 0 Å². The van der Waals surface area contributed by atoms with E-state index in [1.165, 1.54) is 19.3 Å². The van der Waals surface area contributed by atoms with E-state index in [1.807, 2.05) is 13.0 Å². The molecular formula is C20H28O3. The summed E-state index contributed by atoms with van der Waals surface area (Å²) in [5.74, 6) is 0.111. The van der Waals surface area contributed by atoms with Gasteiger partial charge in [-0.3, -0.25) is 4.79 Å². The Hall–Kier alpha value is -1.35. The number of rotatable bonds is 4. The topological polar surface area (TPSA) is 35.5 Å². The van der Waals surface area contributed by atoms with E-state index in [2.05, 4.69) is 31.2 Å². The minimum absolute atomic E-state index is 0.0833. The van der Waals surface area contributed by atoms with Gasteiger partial charge in [0.25, 0.3) is 0 Å². The van der Waals surface area contributed by atoms with Gasteiger partial charge < -0.3 is 9.47 Å². The van der Waals surface area contributed by atoms with Crippen LogP contribution in [-0.4, -0.2) is 12.3 Å². The van der Waals surface area contributed by atoms with Gasteiger partial charge in [-0.25, -0.2) is 0 Å². The second kappa shape index (κ2) is 7.04. The zero-order valence-corrected chi connectivity index (χ0v) is 14.3. The second-order valence-electron chi connectivity index (χ2n) is 6.96. The molecule has 23 heavy (non-hydrogen) atoms. The molecule has 0 N–H and O–H groups in total. The highest BCUT2D eigenvalue weighted by molar-refractivity contribution is 5.75. The maximum Gasteiger partial charge on any atom is 0.314 e. The molecule has 1 saturated carbocycles. The number of carbonyl (C=O) groups excluding carboxylic acids is 1. The Kier molecular flexibility index (Phi) is 5.05. The van der Waals surface area contributed by atoms with Gasteiger partial charge >= 0.3 is 5.97 Å². The van der Waals surface area contributed by atoms with Crippen molar-refractivity contribution < 1.29 is 14.3 Å². The minimum atomic E-state index is -0.521. The van der Waals surface area contributed by atoms with Crippen molar-refractivity contribution in [2.24, 2.45) is 11.8 Å². The average molecular weight is 316 g/mol. The fourth-order valence-corrected chi connectivity index (χ4v) is 4.54. The van der Waals surface area contributed by atoms with Crippen molar-refractivity contribution in [2.75, 3.05) is 0 Å². The van der Waals surface area contributed by atoms with Gasteiger partial charge in [0.15, 0.2) is 0 Å². The van der Waals surface area contributed by atoms with Crippen LogP contribution in [0.4, 0.5) is 0 Å². The predicted molar refractivity (Wildman–Crippen MR) is 89.7 cm³/mol. The molecule has 3 unspecified atom stereocenters. The number of carbonyl (C=O) groups is 1. The van der Waals surface area contributed by atoms with Crippen molar-refractivity contribution in [3.63, 3.8) is 0 Å². The molecular weight excluding hydrogens is 288 g/mol. The zero-order chi connectivity index (χ0) is 16.3. The third-order valence-electron chi connectivity index (χ3n) is 5.46. The Bertz CT molecular complexity index is 521. The lowest BCUT2D eigenvalue weighted by atomic mass is 9.65.